The number of aromatic hydroxyl groups is 1. The molecule has 1 unspecified atom stereocenters. The first-order valence-electron chi connectivity index (χ1n) is 7.62. The lowest BCUT2D eigenvalue weighted by Crippen LogP contribution is -2.33. The van der Waals surface area contributed by atoms with Crippen LogP contribution in [0.1, 0.15) is 28.8 Å². The van der Waals surface area contributed by atoms with Crippen LogP contribution in [0.2, 0.25) is 0 Å². The molecular weight excluding hydrogens is 294 g/mol. The number of phenols is 1. The van der Waals surface area contributed by atoms with E-state index in [2.05, 4.69) is 5.32 Å². The van der Waals surface area contributed by atoms with Crippen molar-refractivity contribution in [2.75, 3.05) is 5.32 Å². The minimum Gasteiger partial charge on any atom is -0.508 e. The molecular formula is C18H17NO4. The average Bonchev–Trinajstić information content (AvgIpc) is 2.97. The molecule has 5 heteroatoms. The van der Waals surface area contributed by atoms with Gasteiger partial charge in [-0.1, -0.05) is 30.3 Å². The number of aliphatic hydroxyl groups is 1. The highest BCUT2D eigenvalue weighted by molar-refractivity contribution is 5.96. The van der Waals surface area contributed by atoms with Crippen molar-refractivity contribution < 1.29 is 19.7 Å². The second-order valence-electron chi connectivity index (χ2n) is 6.13. The van der Waals surface area contributed by atoms with Crippen molar-refractivity contribution in [2.45, 2.75) is 30.8 Å². The summed E-state index contributed by atoms with van der Waals surface area (Å²) >= 11 is 0. The highest BCUT2D eigenvalue weighted by Gasteiger charge is 2.53. The number of nitrogens with one attached hydrogen (secondary N) is 1. The second kappa shape index (κ2) is 5.08. The van der Waals surface area contributed by atoms with Crippen LogP contribution in [0.5, 0.6) is 5.75 Å². The maximum Gasteiger partial charge on any atom is 0.165 e. The monoisotopic (exact) mass is 311 g/mol. The van der Waals surface area contributed by atoms with Crippen molar-refractivity contribution in [3.8, 4) is 5.75 Å². The molecule has 2 aliphatic heterocycles. The van der Waals surface area contributed by atoms with Crippen LogP contribution in [0.25, 0.3) is 0 Å². The predicted octanol–water partition coefficient (Wildman–Crippen LogP) is 2.39. The number of ketones is 1. The minimum absolute atomic E-state index is 0.0642. The maximum atomic E-state index is 12.3. The Kier molecular flexibility index (Phi) is 3.14. The van der Waals surface area contributed by atoms with Gasteiger partial charge in [-0.2, -0.15) is 0 Å². The van der Waals surface area contributed by atoms with Crippen molar-refractivity contribution in [1.82, 2.24) is 0 Å². The predicted molar refractivity (Wildman–Crippen MR) is 84.3 cm³/mol. The van der Waals surface area contributed by atoms with E-state index in [4.69, 9.17) is 4.74 Å². The summed E-state index contributed by atoms with van der Waals surface area (Å²) in [7, 11) is 0. The van der Waals surface area contributed by atoms with Gasteiger partial charge in [0.15, 0.2) is 12.0 Å². The molecule has 3 N–H and O–H groups in total. The topological polar surface area (TPSA) is 78.8 Å². The molecule has 0 aliphatic carbocycles. The quantitative estimate of drug-likeness (QED) is 0.759. The Balaban J connectivity index is 1.51. The molecule has 0 saturated carbocycles. The first-order valence-corrected chi connectivity index (χ1v) is 7.62. The first-order chi connectivity index (χ1) is 11.1. The molecule has 0 bridgehead atoms. The summed E-state index contributed by atoms with van der Waals surface area (Å²) < 4.78 is 5.85. The summed E-state index contributed by atoms with van der Waals surface area (Å²) in [6, 6.07) is 13.8. The van der Waals surface area contributed by atoms with Crippen LogP contribution in [0.3, 0.4) is 0 Å². The first kappa shape index (κ1) is 14.2. The van der Waals surface area contributed by atoms with E-state index in [0.717, 1.165) is 11.3 Å². The molecule has 0 amide bonds. The summed E-state index contributed by atoms with van der Waals surface area (Å²) in [6.45, 7) is 0. The molecule has 2 heterocycles. The van der Waals surface area contributed by atoms with Gasteiger partial charge < -0.3 is 20.3 Å². The number of para-hydroxylation sites is 1. The second-order valence-corrected chi connectivity index (χ2v) is 6.13. The Morgan fingerprint density at radius 3 is 2.91 bits per heavy atom. The van der Waals surface area contributed by atoms with Crippen LogP contribution < -0.4 is 5.32 Å². The van der Waals surface area contributed by atoms with E-state index >= 15 is 0 Å². The molecule has 0 radical (unpaired) electrons. The lowest BCUT2D eigenvalue weighted by Gasteiger charge is -2.20. The van der Waals surface area contributed by atoms with E-state index in [-0.39, 0.29) is 24.1 Å². The molecule has 23 heavy (non-hydrogen) atoms. The van der Waals surface area contributed by atoms with Crippen LogP contribution in [-0.2, 0) is 10.3 Å². The van der Waals surface area contributed by atoms with Crippen molar-refractivity contribution in [1.29, 1.82) is 0 Å². The van der Waals surface area contributed by atoms with Gasteiger partial charge in [0.2, 0.25) is 0 Å². The van der Waals surface area contributed by atoms with Crippen molar-refractivity contribution in [3.05, 3.63) is 59.7 Å². The molecule has 0 spiro atoms. The molecule has 1 fully saturated rings. The Hall–Kier alpha value is -2.37. The fourth-order valence-corrected chi connectivity index (χ4v) is 3.46. The number of fused-ring (bicyclic) bond motifs is 3. The van der Waals surface area contributed by atoms with Crippen LogP contribution in [0.4, 0.5) is 5.69 Å². The van der Waals surface area contributed by atoms with E-state index in [9.17, 15) is 15.0 Å². The fourth-order valence-electron chi connectivity index (χ4n) is 3.46. The number of phenolic OH excluding ortho intramolecular Hbond substituents is 1. The van der Waals surface area contributed by atoms with Crippen molar-refractivity contribution >= 4 is 11.5 Å². The summed E-state index contributed by atoms with van der Waals surface area (Å²) in [5, 5.41) is 23.6. The van der Waals surface area contributed by atoms with E-state index in [0.29, 0.717) is 12.0 Å². The van der Waals surface area contributed by atoms with Gasteiger partial charge in [-0.3, -0.25) is 4.79 Å². The minimum atomic E-state index is -1.10. The van der Waals surface area contributed by atoms with E-state index in [1.165, 1.54) is 12.1 Å². The van der Waals surface area contributed by atoms with Gasteiger partial charge in [0.1, 0.15) is 11.4 Å². The molecule has 2 aromatic rings. The number of carbonyl (C=O) groups excluding carboxylic acids is 1. The highest BCUT2D eigenvalue weighted by atomic mass is 16.5. The Labute approximate surface area is 133 Å². The third kappa shape index (κ3) is 2.29. The standard InChI is InChI=1S/C18H17NO4/c20-12-5-3-4-11(8-12)16(21)9-13-10-18(22)14-6-1-2-7-15(14)19-17(18)23-13/h1-8,13,17,19-20,22H,9-10H2/t13-,17?,18-/m1/s1. The van der Waals surface area contributed by atoms with Gasteiger partial charge >= 0.3 is 0 Å². The average molecular weight is 311 g/mol. The van der Waals surface area contributed by atoms with E-state index in [1.54, 1.807) is 12.1 Å². The van der Waals surface area contributed by atoms with Gasteiger partial charge in [0, 0.05) is 29.7 Å². The molecule has 4 rings (SSSR count). The molecule has 1 saturated heterocycles. The number of carbonyl (C=O) groups is 1. The van der Waals surface area contributed by atoms with Gasteiger partial charge in [0.25, 0.3) is 0 Å². The lowest BCUT2D eigenvalue weighted by molar-refractivity contribution is -0.0267. The summed E-state index contributed by atoms with van der Waals surface area (Å²) in [4.78, 5) is 12.3. The fraction of sp³-hybridized carbons (Fsp3) is 0.278. The number of hydrogen-bond donors (Lipinski definition) is 3. The van der Waals surface area contributed by atoms with E-state index in [1.807, 2.05) is 24.3 Å². The largest absolute Gasteiger partial charge is 0.508 e. The van der Waals surface area contributed by atoms with Crippen LogP contribution in [0, 0.1) is 0 Å². The van der Waals surface area contributed by atoms with E-state index < -0.39 is 11.8 Å². The number of ether oxygens (including phenoxy) is 1. The molecule has 118 valence electrons. The van der Waals surface area contributed by atoms with Gasteiger partial charge in [-0.15, -0.1) is 0 Å². The van der Waals surface area contributed by atoms with Crippen molar-refractivity contribution in [2.24, 2.45) is 0 Å². The number of rotatable bonds is 3. The summed E-state index contributed by atoms with van der Waals surface area (Å²) in [5.74, 6) is -0.0444. The molecule has 0 aromatic heterocycles. The molecule has 2 aliphatic rings. The zero-order valence-electron chi connectivity index (χ0n) is 12.4. The number of benzene rings is 2. The smallest absolute Gasteiger partial charge is 0.165 e. The van der Waals surface area contributed by atoms with Gasteiger partial charge in [0.05, 0.1) is 6.10 Å². The van der Waals surface area contributed by atoms with Crippen LogP contribution in [-0.4, -0.2) is 28.3 Å². The van der Waals surface area contributed by atoms with Gasteiger partial charge in [-0.05, 0) is 18.2 Å². The Morgan fingerprint density at radius 2 is 2.09 bits per heavy atom. The SMILES string of the molecule is O=C(C[C@@H]1C[C@@]2(O)c3ccccc3NC2O1)c1cccc(O)c1. The van der Waals surface area contributed by atoms with Crippen LogP contribution >= 0.6 is 0 Å². The van der Waals surface area contributed by atoms with Crippen molar-refractivity contribution in [3.63, 3.8) is 0 Å². The third-order valence-corrected chi connectivity index (χ3v) is 4.56. The Bertz CT molecular complexity index is 775. The summed E-state index contributed by atoms with van der Waals surface area (Å²) in [5.41, 5.74) is 1.04. The molecule has 3 atom stereocenters. The van der Waals surface area contributed by atoms with Crippen LogP contribution in [0.15, 0.2) is 48.5 Å². The lowest BCUT2D eigenvalue weighted by atomic mass is 9.89. The maximum absolute atomic E-state index is 12.3. The third-order valence-electron chi connectivity index (χ3n) is 4.56. The number of hydrogen-bond acceptors (Lipinski definition) is 5. The zero-order chi connectivity index (χ0) is 16.0. The molecule has 2 aromatic carbocycles. The number of anilines is 1. The van der Waals surface area contributed by atoms with Gasteiger partial charge in [-0.25, -0.2) is 0 Å². The normalized spacial score (nSPS) is 28.0. The summed E-state index contributed by atoms with van der Waals surface area (Å²) in [6.07, 6.45) is -0.346. The highest BCUT2D eigenvalue weighted by Crippen LogP contribution is 2.48. The zero-order valence-corrected chi connectivity index (χ0v) is 12.4. The Morgan fingerprint density at radius 1 is 1.26 bits per heavy atom. The molecule has 5 nitrogen and oxygen atoms in total. The number of Topliss-reactive ketones (excluding diaryl/α,β-unsaturated/α-hetero) is 1.